The lowest BCUT2D eigenvalue weighted by Crippen LogP contribution is -2.49. The number of carbonyl (C=O) groups is 2. The molecule has 4 rings (SSSR count). The predicted octanol–water partition coefficient (Wildman–Crippen LogP) is 2.84. The minimum Gasteiger partial charge on any atom is -0.477 e. The molecule has 0 aromatic heterocycles. The van der Waals surface area contributed by atoms with Crippen LogP contribution in [0.2, 0.25) is 0 Å². The second kappa shape index (κ2) is 6.80. The number of carbonyl (C=O) groups excluding carboxylic acids is 1. The molecular formula is C19H20F3N3O3. The van der Waals surface area contributed by atoms with Crippen LogP contribution in [0.25, 0.3) is 0 Å². The Hall–Kier alpha value is -2.55. The maximum absolute atomic E-state index is 12.7. The van der Waals surface area contributed by atoms with E-state index in [4.69, 9.17) is 0 Å². The summed E-state index contributed by atoms with van der Waals surface area (Å²) in [5.74, 6) is -0.879. The van der Waals surface area contributed by atoms with Crippen LogP contribution in [-0.4, -0.2) is 45.7 Å². The summed E-state index contributed by atoms with van der Waals surface area (Å²) in [6.07, 6.45) is 4.44. The summed E-state index contributed by atoms with van der Waals surface area (Å²) in [6.45, 7) is 0.381. The van der Waals surface area contributed by atoms with Crippen LogP contribution in [0, 0.1) is 5.92 Å². The third kappa shape index (κ3) is 3.58. The number of nitrogens with zero attached hydrogens (tertiary/aromatic N) is 2. The molecule has 0 bridgehead atoms. The lowest BCUT2D eigenvalue weighted by Gasteiger charge is -2.33. The molecule has 1 unspecified atom stereocenters. The average molecular weight is 395 g/mol. The highest BCUT2D eigenvalue weighted by molar-refractivity contribution is 6.16. The van der Waals surface area contributed by atoms with Gasteiger partial charge in [-0.15, -0.1) is 0 Å². The minimum atomic E-state index is -4.30. The molecule has 0 radical (unpaired) electrons. The first-order chi connectivity index (χ1) is 13.2. The quantitative estimate of drug-likeness (QED) is 0.701. The van der Waals surface area contributed by atoms with E-state index in [1.807, 2.05) is 6.08 Å². The largest absolute Gasteiger partial charge is 0.477 e. The second-order valence-corrected chi connectivity index (χ2v) is 7.46. The highest BCUT2D eigenvalue weighted by Gasteiger charge is 2.43. The summed E-state index contributed by atoms with van der Waals surface area (Å²) >= 11 is 0. The summed E-state index contributed by atoms with van der Waals surface area (Å²) in [4.78, 5) is 25.6. The number of alkyl halides is 3. The van der Waals surface area contributed by atoms with Crippen LogP contribution in [0.5, 0.6) is 0 Å². The number of hydrogen-bond acceptors (Lipinski definition) is 4. The molecule has 28 heavy (non-hydrogen) atoms. The normalized spacial score (nSPS) is 25.1. The van der Waals surface area contributed by atoms with Crippen LogP contribution in [-0.2, 0) is 9.59 Å². The zero-order valence-corrected chi connectivity index (χ0v) is 15.0. The Bertz CT molecular complexity index is 837. The number of carboxylic acid groups (broad SMARTS) is 1. The van der Waals surface area contributed by atoms with Gasteiger partial charge in [-0.25, -0.2) is 15.2 Å². The van der Waals surface area contributed by atoms with Gasteiger partial charge in [-0.2, -0.15) is 13.2 Å². The highest BCUT2D eigenvalue weighted by Crippen LogP contribution is 2.38. The van der Waals surface area contributed by atoms with E-state index in [9.17, 15) is 27.9 Å². The van der Waals surface area contributed by atoms with Crippen LogP contribution < -0.4 is 5.43 Å². The van der Waals surface area contributed by atoms with Crippen LogP contribution >= 0.6 is 0 Å². The van der Waals surface area contributed by atoms with E-state index >= 15 is 0 Å². The Morgan fingerprint density at radius 1 is 1.25 bits per heavy atom. The summed E-state index contributed by atoms with van der Waals surface area (Å²) in [7, 11) is 0. The monoisotopic (exact) mass is 395 g/mol. The maximum Gasteiger partial charge on any atom is 0.412 e. The zero-order chi connectivity index (χ0) is 20.1. The predicted molar refractivity (Wildman–Crippen MR) is 93.1 cm³/mol. The molecule has 2 aliphatic heterocycles. The fourth-order valence-electron chi connectivity index (χ4n) is 3.68. The number of nitrogens with one attached hydrogen (secondary N) is 1. The molecule has 0 aromatic carbocycles. The van der Waals surface area contributed by atoms with Gasteiger partial charge in [0.2, 0.25) is 0 Å². The van der Waals surface area contributed by atoms with Crippen molar-refractivity contribution in [2.45, 2.75) is 44.3 Å². The SMILES string of the molecule is O=C(O)C1=CN(CCC2=CC=C(C(F)(F)F)CC2)C2=CC(C3CC3)NN2C1=O. The topological polar surface area (TPSA) is 72.9 Å². The first kappa shape index (κ1) is 18.8. The Labute approximate surface area is 159 Å². The van der Waals surface area contributed by atoms with Gasteiger partial charge >= 0.3 is 12.1 Å². The molecule has 0 spiro atoms. The molecule has 2 aliphatic carbocycles. The van der Waals surface area contributed by atoms with Crippen molar-refractivity contribution in [1.82, 2.24) is 15.3 Å². The van der Waals surface area contributed by atoms with Gasteiger partial charge < -0.3 is 10.0 Å². The van der Waals surface area contributed by atoms with Gasteiger partial charge in [0.1, 0.15) is 11.4 Å². The molecule has 0 saturated heterocycles. The van der Waals surface area contributed by atoms with Crippen molar-refractivity contribution < 1.29 is 27.9 Å². The molecule has 9 heteroatoms. The molecule has 1 saturated carbocycles. The van der Waals surface area contributed by atoms with Gasteiger partial charge in [-0.3, -0.25) is 4.79 Å². The maximum atomic E-state index is 12.7. The average Bonchev–Trinajstić information content (AvgIpc) is 3.39. The first-order valence-corrected chi connectivity index (χ1v) is 9.24. The van der Waals surface area contributed by atoms with E-state index in [0.717, 1.165) is 24.5 Å². The smallest absolute Gasteiger partial charge is 0.412 e. The Kier molecular flexibility index (Phi) is 4.57. The summed E-state index contributed by atoms with van der Waals surface area (Å²) in [5, 5.41) is 10.6. The lowest BCUT2D eigenvalue weighted by atomic mass is 9.96. The van der Waals surface area contributed by atoms with Gasteiger partial charge in [0.05, 0.1) is 6.04 Å². The van der Waals surface area contributed by atoms with Crippen molar-refractivity contribution in [2.24, 2.45) is 5.92 Å². The lowest BCUT2D eigenvalue weighted by molar-refractivity contribution is -0.139. The number of rotatable bonds is 5. The molecule has 2 N–H and O–H groups in total. The number of fused-ring (bicyclic) bond motifs is 1. The summed E-state index contributed by atoms with van der Waals surface area (Å²) < 4.78 is 38.2. The summed E-state index contributed by atoms with van der Waals surface area (Å²) in [5.41, 5.74) is 3.08. The second-order valence-electron chi connectivity index (χ2n) is 7.46. The van der Waals surface area contributed by atoms with Crippen LogP contribution in [0.15, 0.2) is 47.0 Å². The molecule has 1 amide bonds. The van der Waals surface area contributed by atoms with E-state index in [-0.39, 0.29) is 18.0 Å². The number of aliphatic carboxylic acids is 1. The zero-order valence-electron chi connectivity index (χ0n) is 15.0. The van der Waals surface area contributed by atoms with Crippen molar-refractivity contribution >= 4 is 11.9 Å². The van der Waals surface area contributed by atoms with Crippen LogP contribution in [0.1, 0.15) is 32.1 Å². The van der Waals surface area contributed by atoms with Gasteiger partial charge in [0, 0.05) is 18.3 Å². The fourth-order valence-corrected chi connectivity index (χ4v) is 3.68. The molecule has 1 fully saturated rings. The van der Waals surface area contributed by atoms with Gasteiger partial charge in [0.15, 0.2) is 0 Å². The Morgan fingerprint density at radius 3 is 2.57 bits per heavy atom. The van der Waals surface area contributed by atoms with E-state index in [1.165, 1.54) is 17.3 Å². The molecule has 6 nitrogen and oxygen atoms in total. The van der Waals surface area contributed by atoms with E-state index in [2.05, 4.69) is 5.43 Å². The van der Waals surface area contributed by atoms with Crippen LogP contribution in [0.3, 0.4) is 0 Å². The fraction of sp³-hybridized carbons (Fsp3) is 0.474. The van der Waals surface area contributed by atoms with E-state index < -0.39 is 23.6 Å². The van der Waals surface area contributed by atoms with Crippen molar-refractivity contribution in [3.8, 4) is 0 Å². The molecule has 150 valence electrons. The Morgan fingerprint density at radius 2 is 2.00 bits per heavy atom. The molecule has 1 atom stereocenters. The van der Waals surface area contributed by atoms with Crippen LogP contribution in [0.4, 0.5) is 13.2 Å². The first-order valence-electron chi connectivity index (χ1n) is 9.24. The van der Waals surface area contributed by atoms with Gasteiger partial charge in [-0.1, -0.05) is 17.7 Å². The number of hydrazine groups is 1. The molecule has 4 aliphatic rings. The number of halogens is 3. The van der Waals surface area contributed by atoms with Crippen molar-refractivity contribution in [2.75, 3.05) is 6.54 Å². The third-order valence-electron chi connectivity index (χ3n) is 5.48. The highest BCUT2D eigenvalue weighted by atomic mass is 19.4. The van der Waals surface area contributed by atoms with Gasteiger partial charge in [-0.05, 0) is 44.1 Å². The number of allylic oxidation sites excluding steroid dienone is 3. The summed E-state index contributed by atoms with van der Waals surface area (Å²) in [6, 6.07) is -0.00540. The van der Waals surface area contributed by atoms with E-state index in [0.29, 0.717) is 31.1 Å². The Balaban J connectivity index is 1.51. The van der Waals surface area contributed by atoms with Gasteiger partial charge in [0.25, 0.3) is 5.91 Å². The number of amides is 1. The third-order valence-corrected chi connectivity index (χ3v) is 5.48. The standard InChI is InChI=1S/C19H20F3N3O3/c20-19(21,22)13-5-1-11(2-6-13)7-8-24-10-14(18(27)28)17(26)25-16(24)9-15(23-25)12-3-4-12/h1,5,9-10,12,15,23H,2-4,6-8H2,(H,27,28). The number of carboxylic acids is 1. The number of hydrogen-bond donors (Lipinski definition) is 2. The minimum absolute atomic E-state index is 0.00540. The molecular weight excluding hydrogens is 375 g/mol. The van der Waals surface area contributed by atoms with Crippen molar-refractivity contribution in [1.29, 1.82) is 0 Å². The molecule has 2 heterocycles. The van der Waals surface area contributed by atoms with E-state index in [1.54, 1.807) is 4.90 Å². The van der Waals surface area contributed by atoms with Crippen molar-refractivity contribution in [3.63, 3.8) is 0 Å². The van der Waals surface area contributed by atoms with Crippen molar-refractivity contribution in [3.05, 3.63) is 47.0 Å². The molecule has 0 aromatic rings.